The highest BCUT2D eigenvalue weighted by atomic mass is 32.1. The van der Waals surface area contributed by atoms with Crippen LogP contribution in [0.25, 0.3) is 0 Å². The molecule has 112 valence electrons. The number of nitrogens with one attached hydrogen (secondary N) is 1. The smallest absolute Gasteiger partial charge is 0.168 e. The first-order valence-electron chi connectivity index (χ1n) is 7.29. The molecule has 1 aromatic carbocycles. The first-order chi connectivity index (χ1) is 10.2. The van der Waals surface area contributed by atoms with Gasteiger partial charge in [0.2, 0.25) is 0 Å². The lowest BCUT2D eigenvalue weighted by Crippen LogP contribution is -2.20. The number of hydrogen-bond donors (Lipinski definition) is 2. The van der Waals surface area contributed by atoms with Gasteiger partial charge in [0.25, 0.3) is 0 Å². The molecule has 4 nitrogen and oxygen atoms in total. The Morgan fingerprint density at radius 1 is 1.29 bits per heavy atom. The van der Waals surface area contributed by atoms with Crippen molar-refractivity contribution in [3.8, 4) is 0 Å². The number of thiocarbonyl (C=S) groups is 1. The highest BCUT2D eigenvalue weighted by molar-refractivity contribution is 7.80. The van der Waals surface area contributed by atoms with E-state index in [0.29, 0.717) is 12.0 Å². The zero-order chi connectivity index (χ0) is 15.2. The monoisotopic (exact) mass is 302 g/mol. The van der Waals surface area contributed by atoms with Gasteiger partial charge in [0.15, 0.2) is 5.11 Å². The number of hydrogen-bond acceptors (Lipinski definition) is 2. The van der Waals surface area contributed by atoms with Gasteiger partial charge in [-0.25, -0.2) is 4.98 Å². The Kier molecular flexibility index (Phi) is 5.33. The van der Waals surface area contributed by atoms with Gasteiger partial charge in [-0.15, -0.1) is 0 Å². The predicted molar refractivity (Wildman–Crippen MR) is 91.3 cm³/mol. The maximum atomic E-state index is 5.50. The topological polar surface area (TPSA) is 55.9 Å². The van der Waals surface area contributed by atoms with Crippen molar-refractivity contribution in [2.75, 3.05) is 5.32 Å². The van der Waals surface area contributed by atoms with Gasteiger partial charge < -0.3 is 15.6 Å². The van der Waals surface area contributed by atoms with E-state index in [4.69, 9.17) is 18.0 Å². The van der Waals surface area contributed by atoms with Crippen molar-refractivity contribution >= 4 is 23.0 Å². The van der Waals surface area contributed by atoms with E-state index in [9.17, 15) is 0 Å². The fourth-order valence-electron chi connectivity index (χ4n) is 2.76. The van der Waals surface area contributed by atoms with E-state index in [1.807, 2.05) is 30.9 Å². The third-order valence-corrected chi connectivity index (χ3v) is 3.96. The fraction of sp³-hybridized carbons (Fsp3) is 0.375. The molecule has 2 rings (SSSR count). The van der Waals surface area contributed by atoms with E-state index in [0.717, 1.165) is 18.5 Å². The summed E-state index contributed by atoms with van der Waals surface area (Å²) in [5.74, 6) is 0.577. The minimum absolute atomic E-state index is 0.286. The lowest BCUT2D eigenvalue weighted by molar-refractivity contribution is 0.355. The molecule has 1 unspecified atom stereocenters. The minimum Gasteiger partial charge on any atom is -0.376 e. The first kappa shape index (κ1) is 15.5. The Balaban J connectivity index is 2.30. The third-order valence-electron chi connectivity index (χ3n) is 3.86. The van der Waals surface area contributed by atoms with Crippen molar-refractivity contribution in [2.24, 2.45) is 11.7 Å². The Hall–Kier alpha value is -1.88. The third kappa shape index (κ3) is 3.82. The standard InChI is InChI=1S/C16H22N4S/c1-3-12(4-2)15(20-10-9-18-11-20)13-5-7-14(8-6-13)19-16(17)21/h5-12,15H,3-4H2,1-2H3,(H3,17,19,21). The van der Waals surface area contributed by atoms with Crippen LogP contribution in [0.2, 0.25) is 0 Å². The van der Waals surface area contributed by atoms with Gasteiger partial charge in [-0.3, -0.25) is 0 Å². The van der Waals surface area contributed by atoms with Gasteiger partial charge in [-0.05, 0) is 35.8 Å². The average molecular weight is 302 g/mol. The lowest BCUT2D eigenvalue weighted by atomic mass is 9.88. The van der Waals surface area contributed by atoms with E-state index >= 15 is 0 Å². The van der Waals surface area contributed by atoms with E-state index in [2.05, 4.69) is 40.8 Å². The van der Waals surface area contributed by atoms with Crippen LogP contribution in [0.4, 0.5) is 5.69 Å². The second kappa shape index (κ2) is 7.22. The number of anilines is 1. The number of nitrogens with two attached hydrogens (primary N) is 1. The molecule has 0 fully saturated rings. The van der Waals surface area contributed by atoms with Crippen molar-refractivity contribution in [3.63, 3.8) is 0 Å². The summed E-state index contributed by atoms with van der Waals surface area (Å²) in [5.41, 5.74) is 7.69. The van der Waals surface area contributed by atoms with Crippen LogP contribution in [0.1, 0.15) is 38.3 Å². The quantitative estimate of drug-likeness (QED) is 0.801. The number of rotatable bonds is 6. The zero-order valence-electron chi connectivity index (χ0n) is 12.5. The molecule has 0 radical (unpaired) electrons. The second-order valence-electron chi connectivity index (χ2n) is 5.14. The number of nitrogens with zero attached hydrogens (tertiary/aromatic N) is 2. The molecule has 21 heavy (non-hydrogen) atoms. The summed E-state index contributed by atoms with van der Waals surface area (Å²) in [7, 11) is 0. The van der Waals surface area contributed by atoms with Crippen molar-refractivity contribution in [3.05, 3.63) is 48.5 Å². The lowest BCUT2D eigenvalue weighted by Gasteiger charge is -2.27. The molecule has 0 aliphatic carbocycles. The predicted octanol–water partition coefficient (Wildman–Crippen LogP) is 3.56. The molecule has 1 atom stereocenters. The number of benzene rings is 1. The molecule has 5 heteroatoms. The molecule has 0 saturated carbocycles. The molecule has 3 N–H and O–H groups in total. The molecule has 0 aliphatic heterocycles. The van der Waals surface area contributed by atoms with E-state index in [1.165, 1.54) is 5.56 Å². The summed E-state index contributed by atoms with van der Waals surface area (Å²) >= 11 is 4.86. The molecule has 1 heterocycles. The fourth-order valence-corrected chi connectivity index (χ4v) is 2.88. The van der Waals surface area contributed by atoms with Gasteiger partial charge in [0.05, 0.1) is 12.4 Å². The normalized spacial score (nSPS) is 12.3. The van der Waals surface area contributed by atoms with Gasteiger partial charge in [-0.2, -0.15) is 0 Å². The summed E-state index contributed by atoms with van der Waals surface area (Å²) in [5, 5.41) is 3.24. The van der Waals surface area contributed by atoms with Crippen molar-refractivity contribution in [1.82, 2.24) is 9.55 Å². The maximum absolute atomic E-state index is 5.50. The van der Waals surface area contributed by atoms with Crippen LogP contribution in [0.15, 0.2) is 43.0 Å². The van der Waals surface area contributed by atoms with Crippen LogP contribution in [0.3, 0.4) is 0 Å². The summed E-state index contributed by atoms with van der Waals surface area (Å²) in [4.78, 5) is 4.19. The molecule has 2 aromatic rings. The van der Waals surface area contributed by atoms with Crippen molar-refractivity contribution < 1.29 is 0 Å². The number of aromatic nitrogens is 2. The van der Waals surface area contributed by atoms with Crippen LogP contribution in [0, 0.1) is 5.92 Å². The SMILES string of the molecule is CCC(CC)C(c1ccc(NC(N)=S)cc1)n1ccnc1. The Labute approximate surface area is 131 Å². The first-order valence-corrected chi connectivity index (χ1v) is 7.70. The van der Waals surface area contributed by atoms with E-state index < -0.39 is 0 Å². The highest BCUT2D eigenvalue weighted by Gasteiger charge is 2.21. The van der Waals surface area contributed by atoms with E-state index in [-0.39, 0.29) is 5.11 Å². The van der Waals surface area contributed by atoms with Crippen LogP contribution in [0.5, 0.6) is 0 Å². The van der Waals surface area contributed by atoms with Gasteiger partial charge in [0.1, 0.15) is 0 Å². The van der Waals surface area contributed by atoms with Gasteiger partial charge in [-0.1, -0.05) is 38.8 Å². The van der Waals surface area contributed by atoms with Crippen LogP contribution < -0.4 is 11.1 Å². The number of imidazole rings is 1. The highest BCUT2D eigenvalue weighted by Crippen LogP contribution is 2.31. The van der Waals surface area contributed by atoms with Crippen molar-refractivity contribution in [2.45, 2.75) is 32.7 Å². The molecule has 0 saturated heterocycles. The molecular formula is C16H22N4S. The van der Waals surface area contributed by atoms with Crippen LogP contribution in [-0.2, 0) is 0 Å². The summed E-state index contributed by atoms with van der Waals surface area (Å²) in [6.45, 7) is 4.47. The minimum atomic E-state index is 0.286. The van der Waals surface area contributed by atoms with Crippen LogP contribution in [-0.4, -0.2) is 14.7 Å². The molecular weight excluding hydrogens is 280 g/mol. The molecule has 0 amide bonds. The Morgan fingerprint density at radius 3 is 2.43 bits per heavy atom. The largest absolute Gasteiger partial charge is 0.376 e. The molecule has 0 aliphatic rings. The van der Waals surface area contributed by atoms with Gasteiger partial charge in [0, 0.05) is 18.1 Å². The average Bonchev–Trinajstić information content (AvgIpc) is 2.99. The maximum Gasteiger partial charge on any atom is 0.168 e. The Morgan fingerprint density at radius 2 is 1.95 bits per heavy atom. The summed E-state index contributed by atoms with van der Waals surface area (Å²) < 4.78 is 2.19. The molecule has 0 spiro atoms. The summed E-state index contributed by atoms with van der Waals surface area (Å²) in [6.07, 6.45) is 8.02. The van der Waals surface area contributed by atoms with E-state index in [1.54, 1.807) is 0 Å². The van der Waals surface area contributed by atoms with Crippen molar-refractivity contribution in [1.29, 1.82) is 0 Å². The molecule has 0 bridgehead atoms. The summed E-state index contributed by atoms with van der Waals surface area (Å²) in [6, 6.07) is 8.59. The molecule has 1 aromatic heterocycles. The zero-order valence-corrected chi connectivity index (χ0v) is 13.3. The second-order valence-corrected chi connectivity index (χ2v) is 5.58. The van der Waals surface area contributed by atoms with Gasteiger partial charge >= 0.3 is 0 Å². The Bertz CT molecular complexity index is 558. The van der Waals surface area contributed by atoms with Crippen LogP contribution >= 0.6 is 12.2 Å².